The molecule has 0 saturated carbocycles. The number of rotatable bonds is 6. The maximum atomic E-state index is 11.9. The smallest absolute Gasteiger partial charge is 0.261 e. The summed E-state index contributed by atoms with van der Waals surface area (Å²) in [6.07, 6.45) is 1.71. The number of carbonyl (C=O) groups is 1. The van der Waals surface area contributed by atoms with Gasteiger partial charge in [0.2, 0.25) is 0 Å². The summed E-state index contributed by atoms with van der Waals surface area (Å²) in [6, 6.07) is 13.7. The molecule has 25 heavy (non-hydrogen) atoms. The standard InChI is InChI=1S/C19H16N2O2S2/c22-19(17-7-4-10-24-17)20-9-3-8-18-21-14(12-25-18)16-11-13-5-1-2-6-15(13)23-16/h1-2,4-7,10-12H,3,8-9H2,(H,20,22). The van der Waals surface area contributed by atoms with E-state index in [1.54, 1.807) is 11.3 Å². The summed E-state index contributed by atoms with van der Waals surface area (Å²) in [5, 5.41) is 9.02. The summed E-state index contributed by atoms with van der Waals surface area (Å²) in [4.78, 5) is 17.3. The number of benzene rings is 1. The molecule has 1 amide bonds. The van der Waals surface area contributed by atoms with Crippen LogP contribution in [0.4, 0.5) is 0 Å². The zero-order valence-electron chi connectivity index (χ0n) is 13.4. The topological polar surface area (TPSA) is 55.1 Å². The highest BCUT2D eigenvalue weighted by Gasteiger charge is 2.10. The van der Waals surface area contributed by atoms with E-state index in [4.69, 9.17) is 4.42 Å². The fourth-order valence-electron chi connectivity index (χ4n) is 2.58. The Hall–Kier alpha value is -2.44. The molecule has 3 heterocycles. The van der Waals surface area contributed by atoms with Gasteiger partial charge in [0.15, 0.2) is 5.76 Å². The van der Waals surface area contributed by atoms with Crippen molar-refractivity contribution < 1.29 is 9.21 Å². The lowest BCUT2D eigenvalue weighted by Gasteiger charge is -2.02. The maximum absolute atomic E-state index is 11.9. The first kappa shape index (κ1) is 16.1. The predicted octanol–water partition coefficient (Wildman–Crippen LogP) is 4.98. The predicted molar refractivity (Wildman–Crippen MR) is 102 cm³/mol. The van der Waals surface area contributed by atoms with E-state index in [-0.39, 0.29) is 5.91 Å². The number of fused-ring (bicyclic) bond motifs is 1. The number of amides is 1. The van der Waals surface area contributed by atoms with Crippen LogP contribution >= 0.6 is 22.7 Å². The van der Waals surface area contributed by atoms with Crippen molar-refractivity contribution in [1.82, 2.24) is 10.3 Å². The van der Waals surface area contributed by atoms with E-state index >= 15 is 0 Å². The first-order chi connectivity index (χ1) is 12.3. The minimum atomic E-state index is -0.00268. The number of thiazole rings is 1. The van der Waals surface area contributed by atoms with Crippen molar-refractivity contribution in [2.24, 2.45) is 0 Å². The Morgan fingerprint density at radius 1 is 1.16 bits per heavy atom. The van der Waals surface area contributed by atoms with Crippen LogP contribution in [-0.4, -0.2) is 17.4 Å². The van der Waals surface area contributed by atoms with Gasteiger partial charge in [0.25, 0.3) is 5.91 Å². The molecule has 0 aliphatic rings. The zero-order chi connectivity index (χ0) is 17.1. The Balaban J connectivity index is 1.33. The summed E-state index contributed by atoms with van der Waals surface area (Å²) in [6.45, 7) is 0.649. The molecule has 4 rings (SSSR count). The third kappa shape index (κ3) is 3.65. The first-order valence-corrected chi connectivity index (χ1v) is 9.80. The molecule has 6 heteroatoms. The molecule has 0 aliphatic heterocycles. The molecule has 0 radical (unpaired) electrons. The van der Waals surface area contributed by atoms with Crippen molar-refractivity contribution >= 4 is 39.5 Å². The lowest BCUT2D eigenvalue weighted by Crippen LogP contribution is -2.23. The van der Waals surface area contributed by atoms with Crippen LogP contribution < -0.4 is 5.32 Å². The van der Waals surface area contributed by atoms with Gasteiger partial charge in [-0.2, -0.15) is 0 Å². The maximum Gasteiger partial charge on any atom is 0.261 e. The number of carbonyl (C=O) groups excluding carboxylic acids is 1. The van der Waals surface area contributed by atoms with Gasteiger partial charge in [-0.3, -0.25) is 4.79 Å². The minimum absolute atomic E-state index is 0.00268. The Labute approximate surface area is 153 Å². The average Bonchev–Trinajstić information content (AvgIpc) is 3.38. The van der Waals surface area contributed by atoms with Crippen molar-refractivity contribution in [3.05, 3.63) is 63.1 Å². The monoisotopic (exact) mass is 368 g/mol. The lowest BCUT2D eigenvalue weighted by molar-refractivity contribution is 0.0957. The first-order valence-electron chi connectivity index (χ1n) is 8.05. The molecule has 1 aromatic carbocycles. The molecular formula is C19H16N2O2S2. The number of nitrogens with one attached hydrogen (secondary N) is 1. The van der Waals surface area contributed by atoms with Gasteiger partial charge in [-0.15, -0.1) is 22.7 Å². The highest BCUT2D eigenvalue weighted by Crippen LogP contribution is 2.28. The van der Waals surface area contributed by atoms with E-state index in [0.717, 1.165) is 45.1 Å². The quantitative estimate of drug-likeness (QED) is 0.488. The Morgan fingerprint density at radius 2 is 2.08 bits per heavy atom. The Kier molecular flexibility index (Phi) is 4.63. The van der Waals surface area contributed by atoms with Crippen LogP contribution in [0.1, 0.15) is 21.1 Å². The lowest BCUT2D eigenvalue weighted by atomic mass is 10.2. The number of nitrogens with zero attached hydrogens (tertiary/aromatic N) is 1. The zero-order valence-corrected chi connectivity index (χ0v) is 15.0. The largest absolute Gasteiger partial charge is 0.454 e. The Morgan fingerprint density at radius 3 is 2.92 bits per heavy atom. The van der Waals surface area contributed by atoms with Crippen molar-refractivity contribution in [3.63, 3.8) is 0 Å². The van der Waals surface area contributed by atoms with Crippen LogP contribution in [0.15, 0.2) is 57.6 Å². The van der Waals surface area contributed by atoms with Crippen LogP contribution in [0.25, 0.3) is 22.4 Å². The number of para-hydroxylation sites is 1. The third-order valence-corrected chi connectivity index (χ3v) is 5.60. The molecule has 0 atom stereocenters. The van der Waals surface area contributed by atoms with Crippen LogP contribution in [0.5, 0.6) is 0 Å². The highest BCUT2D eigenvalue weighted by molar-refractivity contribution is 7.12. The van der Waals surface area contributed by atoms with E-state index in [9.17, 15) is 4.79 Å². The second-order valence-corrected chi connectivity index (χ2v) is 7.50. The molecule has 0 aliphatic carbocycles. The molecule has 0 bridgehead atoms. The van der Waals surface area contributed by atoms with Gasteiger partial charge in [0.1, 0.15) is 11.3 Å². The van der Waals surface area contributed by atoms with Crippen LogP contribution in [-0.2, 0) is 6.42 Å². The SMILES string of the molecule is O=C(NCCCc1nc(-c2cc3ccccc3o2)cs1)c1cccs1. The molecule has 4 aromatic rings. The van der Waals surface area contributed by atoms with Crippen LogP contribution in [0.3, 0.4) is 0 Å². The van der Waals surface area contributed by atoms with E-state index in [1.807, 2.05) is 53.2 Å². The third-order valence-electron chi connectivity index (χ3n) is 3.83. The fourth-order valence-corrected chi connectivity index (χ4v) is 4.05. The van der Waals surface area contributed by atoms with Crippen molar-refractivity contribution in [2.45, 2.75) is 12.8 Å². The van der Waals surface area contributed by atoms with E-state index in [0.29, 0.717) is 6.54 Å². The summed E-state index contributed by atoms with van der Waals surface area (Å²) < 4.78 is 5.85. The summed E-state index contributed by atoms with van der Waals surface area (Å²) in [7, 11) is 0. The minimum Gasteiger partial charge on any atom is -0.454 e. The second-order valence-electron chi connectivity index (χ2n) is 5.61. The second kappa shape index (κ2) is 7.21. The van der Waals surface area contributed by atoms with E-state index < -0.39 is 0 Å². The molecule has 0 saturated heterocycles. The highest BCUT2D eigenvalue weighted by atomic mass is 32.1. The summed E-state index contributed by atoms with van der Waals surface area (Å²) in [5.74, 6) is 0.798. The van der Waals surface area contributed by atoms with Crippen molar-refractivity contribution in [2.75, 3.05) is 6.54 Å². The molecule has 0 fully saturated rings. The summed E-state index contributed by atoms with van der Waals surface area (Å²) in [5.41, 5.74) is 1.75. The van der Waals surface area contributed by atoms with Gasteiger partial charge in [0.05, 0.1) is 9.88 Å². The molecule has 0 unspecified atom stereocenters. The number of thiophene rings is 1. The normalized spacial score (nSPS) is 11.0. The average molecular weight is 368 g/mol. The molecular weight excluding hydrogens is 352 g/mol. The molecule has 126 valence electrons. The van der Waals surface area contributed by atoms with Gasteiger partial charge in [-0.05, 0) is 30.0 Å². The number of furan rings is 1. The van der Waals surface area contributed by atoms with Gasteiger partial charge in [0, 0.05) is 23.7 Å². The molecule has 0 spiro atoms. The van der Waals surface area contributed by atoms with E-state index in [2.05, 4.69) is 10.3 Å². The number of hydrogen-bond donors (Lipinski definition) is 1. The number of aromatic nitrogens is 1. The van der Waals surface area contributed by atoms with Crippen molar-refractivity contribution in [3.8, 4) is 11.5 Å². The van der Waals surface area contributed by atoms with E-state index in [1.165, 1.54) is 11.3 Å². The summed E-state index contributed by atoms with van der Waals surface area (Å²) >= 11 is 3.08. The van der Waals surface area contributed by atoms with Gasteiger partial charge < -0.3 is 9.73 Å². The molecule has 4 nitrogen and oxygen atoms in total. The fraction of sp³-hybridized carbons (Fsp3) is 0.158. The van der Waals surface area contributed by atoms with Crippen molar-refractivity contribution in [1.29, 1.82) is 0 Å². The van der Waals surface area contributed by atoms with Gasteiger partial charge >= 0.3 is 0 Å². The molecule has 1 N–H and O–H groups in total. The Bertz CT molecular complexity index is 953. The molecule has 3 aromatic heterocycles. The number of aryl methyl sites for hydroxylation is 1. The number of hydrogen-bond acceptors (Lipinski definition) is 5. The van der Waals surface area contributed by atoms with Crippen LogP contribution in [0, 0.1) is 0 Å². The van der Waals surface area contributed by atoms with Gasteiger partial charge in [-0.25, -0.2) is 4.98 Å². The van der Waals surface area contributed by atoms with Crippen LogP contribution in [0.2, 0.25) is 0 Å². The van der Waals surface area contributed by atoms with Gasteiger partial charge in [-0.1, -0.05) is 24.3 Å².